The SMILES string of the molecule is CC(N)c1cn(C)c(=O)c2nc(C#N)c(-c3ccc(F)cc3)cc12. The first-order chi connectivity index (χ1) is 11.4. The molecule has 1 atom stereocenters. The molecule has 1 aromatic carbocycles. The van der Waals surface area contributed by atoms with Gasteiger partial charge in [-0.25, -0.2) is 9.37 Å². The van der Waals surface area contributed by atoms with Gasteiger partial charge in [0.2, 0.25) is 0 Å². The van der Waals surface area contributed by atoms with Gasteiger partial charge in [-0.1, -0.05) is 12.1 Å². The molecule has 0 aliphatic rings. The van der Waals surface area contributed by atoms with Crippen molar-refractivity contribution in [1.82, 2.24) is 9.55 Å². The number of hydrogen-bond acceptors (Lipinski definition) is 4. The summed E-state index contributed by atoms with van der Waals surface area (Å²) in [5.41, 5.74) is 8.00. The Morgan fingerprint density at radius 1 is 1.33 bits per heavy atom. The monoisotopic (exact) mass is 322 g/mol. The average Bonchev–Trinajstić information content (AvgIpc) is 2.57. The summed E-state index contributed by atoms with van der Waals surface area (Å²) in [6.45, 7) is 1.81. The van der Waals surface area contributed by atoms with Crippen molar-refractivity contribution in [1.29, 1.82) is 5.26 Å². The Morgan fingerprint density at radius 2 is 2.00 bits per heavy atom. The molecule has 120 valence electrons. The zero-order chi connectivity index (χ0) is 17.4. The second-order valence-electron chi connectivity index (χ2n) is 5.69. The van der Waals surface area contributed by atoms with Crippen molar-refractivity contribution in [3.8, 4) is 17.2 Å². The number of aromatic nitrogens is 2. The predicted octanol–water partition coefficient (Wildman–Crippen LogP) is 2.63. The fourth-order valence-corrected chi connectivity index (χ4v) is 2.70. The first kappa shape index (κ1) is 15.8. The quantitative estimate of drug-likeness (QED) is 0.786. The third-order valence-electron chi connectivity index (χ3n) is 3.94. The van der Waals surface area contributed by atoms with E-state index in [1.807, 2.05) is 13.0 Å². The van der Waals surface area contributed by atoms with E-state index in [2.05, 4.69) is 4.98 Å². The lowest BCUT2D eigenvalue weighted by Crippen LogP contribution is -2.21. The maximum absolute atomic E-state index is 13.2. The van der Waals surface area contributed by atoms with Crippen LogP contribution in [0.5, 0.6) is 0 Å². The molecule has 0 aliphatic heterocycles. The first-order valence-electron chi connectivity index (χ1n) is 7.38. The van der Waals surface area contributed by atoms with E-state index < -0.39 is 0 Å². The molecule has 0 radical (unpaired) electrons. The van der Waals surface area contributed by atoms with Crippen LogP contribution in [0.15, 0.2) is 41.3 Å². The van der Waals surface area contributed by atoms with Crippen molar-refractivity contribution in [2.75, 3.05) is 0 Å². The molecule has 0 saturated heterocycles. The summed E-state index contributed by atoms with van der Waals surface area (Å²) >= 11 is 0. The first-order valence-corrected chi connectivity index (χ1v) is 7.38. The van der Waals surface area contributed by atoms with Crippen LogP contribution in [0.4, 0.5) is 4.39 Å². The van der Waals surface area contributed by atoms with Gasteiger partial charge in [-0.15, -0.1) is 0 Å². The molecule has 0 amide bonds. The number of nitriles is 1. The summed E-state index contributed by atoms with van der Waals surface area (Å²) in [5.74, 6) is -0.365. The van der Waals surface area contributed by atoms with Crippen molar-refractivity contribution in [3.63, 3.8) is 0 Å². The lowest BCUT2D eigenvalue weighted by atomic mass is 9.98. The third-order valence-corrected chi connectivity index (χ3v) is 3.94. The summed E-state index contributed by atoms with van der Waals surface area (Å²) in [6.07, 6.45) is 1.68. The minimum atomic E-state index is -0.365. The largest absolute Gasteiger partial charge is 0.324 e. The number of nitrogens with two attached hydrogens (primary N) is 1. The van der Waals surface area contributed by atoms with E-state index in [0.717, 1.165) is 5.56 Å². The van der Waals surface area contributed by atoms with Crippen molar-refractivity contribution in [3.05, 3.63) is 64.0 Å². The maximum Gasteiger partial charge on any atom is 0.276 e. The maximum atomic E-state index is 13.2. The number of fused-ring (bicyclic) bond motifs is 1. The van der Waals surface area contributed by atoms with Crippen LogP contribution in [-0.4, -0.2) is 9.55 Å². The van der Waals surface area contributed by atoms with Crippen molar-refractivity contribution < 1.29 is 4.39 Å². The summed E-state index contributed by atoms with van der Waals surface area (Å²) in [4.78, 5) is 16.6. The Labute approximate surface area is 137 Å². The van der Waals surface area contributed by atoms with Crippen molar-refractivity contribution >= 4 is 10.9 Å². The number of hydrogen-bond donors (Lipinski definition) is 1. The van der Waals surface area contributed by atoms with E-state index in [1.54, 1.807) is 31.4 Å². The number of pyridine rings is 2. The predicted molar refractivity (Wildman–Crippen MR) is 89.7 cm³/mol. The van der Waals surface area contributed by atoms with Gasteiger partial charge < -0.3 is 10.3 Å². The van der Waals surface area contributed by atoms with Gasteiger partial charge in [0, 0.05) is 30.2 Å². The van der Waals surface area contributed by atoms with Crippen LogP contribution in [0.1, 0.15) is 24.2 Å². The number of nitrogens with zero attached hydrogens (tertiary/aromatic N) is 3. The molecule has 3 aromatic rings. The molecular weight excluding hydrogens is 307 g/mol. The number of benzene rings is 1. The van der Waals surface area contributed by atoms with Gasteiger partial charge in [-0.05, 0) is 36.2 Å². The highest BCUT2D eigenvalue weighted by molar-refractivity contribution is 5.88. The van der Waals surface area contributed by atoms with Crippen LogP contribution in [0, 0.1) is 17.1 Å². The van der Waals surface area contributed by atoms with Crippen molar-refractivity contribution in [2.24, 2.45) is 12.8 Å². The van der Waals surface area contributed by atoms with E-state index >= 15 is 0 Å². The third kappa shape index (κ3) is 2.55. The van der Waals surface area contributed by atoms with Gasteiger partial charge in [-0.2, -0.15) is 5.26 Å². The fourth-order valence-electron chi connectivity index (χ4n) is 2.70. The van der Waals surface area contributed by atoms with Gasteiger partial charge >= 0.3 is 0 Å². The van der Waals surface area contributed by atoms with Crippen LogP contribution >= 0.6 is 0 Å². The summed E-state index contributed by atoms with van der Waals surface area (Å²) in [5, 5.41) is 10.0. The van der Waals surface area contributed by atoms with Crippen LogP contribution in [-0.2, 0) is 7.05 Å². The van der Waals surface area contributed by atoms with Gasteiger partial charge in [-0.3, -0.25) is 4.79 Å². The van der Waals surface area contributed by atoms with E-state index in [9.17, 15) is 14.4 Å². The Morgan fingerprint density at radius 3 is 2.58 bits per heavy atom. The molecule has 0 saturated carbocycles. The summed E-state index contributed by atoms with van der Waals surface area (Å²) in [6, 6.07) is 9.22. The molecule has 0 bridgehead atoms. The van der Waals surface area contributed by atoms with E-state index in [0.29, 0.717) is 16.5 Å². The Hall–Kier alpha value is -3.04. The lowest BCUT2D eigenvalue weighted by molar-refractivity contribution is 0.628. The molecule has 1 unspecified atom stereocenters. The zero-order valence-corrected chi connectivity index (χ0v) is 13.2. The minimum absolute atomic E-state index is 0.119. The number of halogens is 1. The molecule has 0 fully saturated rings. The minimum Gasteiger partial charge on any atom is -0.324 e. The molecule has 2 N–H and O–H groups in total. The van der Waals surface area contributed by atoms with Crippen LogP contribution in [0.3, 0.4) is 0 Å². The highest BCUT2D eigenvalue weighted by Gasteiger charge is 2.16. The Kier molecular flexibility index (Phi) is 3.87. The number of aryl methyl sites for hydroxylation is 1. The van der Waals surface area contributed by atoms with Gasteiger partial charge in [0.15, 0.2) is 0 Å². The molecule has 2 aromatic heterocycles. The van der Waals surface area contributed by atoms with Gasteiger partial charge in [0.05, 0.1) is 0 Å². The van der Waals surface area contributed by atoms with E-state index in [-0.39, 0.29) is 28.6 Å². The van der Waals surface area contributed by atoms with Gasteiger partial charge in [0.1, 0.15) is 23.1 Å². The standard InChI is InChI=1S/C18H15FN4O/c1-10(21)15-9-23(2)18(24)17-14(15)7-13(16(8-20)22-17)11-3-5-12(19)6-4-11/h3-7,9-10H,21H2,1-2H3. The van der Waals surface area contributed by atoms with Gasteiger partial charge in [0.25, 0.3) is 5.56 Å². The lowest BCUT2D eigenvalue weighted by Gasteiger charge is -2.14. The second kappa shape index (κ2) is 5.87. The average molecular weight is 322 g/mol. The Bertz CT molecular complexity index is 1030. The Balaban J connectivity index is 2.42. The smallest absolute Gasteiger partial charge is 0.276 e. The van der Waals surface area contributed by atoms with Crippen LogP contribution in [0.25, 0.3) is 22.0 Å². The highest BCUT2D eigenvalue weighted by Crippen LogP contribution is 2.28. The molecule has 6 heteroatoms. The summed E-state index contributed by atoms with van der Waals surface area (Å²) < 4.78 is 14.6. The molecule has 2 heterocycles. The molecular formula is C18H15FN4O. The van der Waals surface area contributed by atoms with E-state index in [4.69, 9.17) is 5.73 Å². The molecule has 5 nitrogen and oxygen atoms in total. The normalized spacial score (nSPS) is 12.1. The van der Waals surface area contributed by atoms with E-state index in [1.165, 1.54) is 16.7 Å². The van der Waals surface area contributed by atoms with Crippen molar-refractivity contribution in [2.45, 2.75) is 13.0 Å². The number of rotatable bonds is 2. The topological polar surface area (TPSA) is 84.7 Å². The van der Waals surface area contributed by atoms with Crippen LogP contribution < -0.4 is 11.3 Å². The molecule has 24 heavy (non-hydrogen) atoms. The summed E-state index contributed by atoms with van der Waals surface area (Å²) in [7, 11) is 1.62. The molecule has 3 rings (SSSR count). The second-order valence-corrected chi connectivity index (χ2v) is 5.69. The highest BCUT2D eigenvalue weighted by atomic mass is 19.1. The fraction of sp³-hybridized carbons (Fsp3) is 0.167. The zero-order valence-electron chi connectivity index (χ0n) is 13.2. The molecule has 0 spiro atoms. The van der Waals surface area contributed by atoms with Crippen LogP contribution in [0.2, 0.25) is 0 Å². The molecule has 0 aliphatic carbocycles.